The Balaban J connectivity index is 0.000000124. The average molecular weight is 2080 g/mol. The third-order valence-corrected chi connectivity index (χ3v) is 31.3. The predicted octanol–water partition coefficient (Wildman–Crippen LogP) is 20.1. The van der Waals surface area contributed by atoms with Crippen molar-refractivity contribution in [3.63, 3.8) is 0 Å². The molecule has 145 heavy (non-hydrogen) atoms. The van der Waals surface area contributed by atoms with Crippen molar-refractivity contribution < 1.29 is 48.4 Å². The molecular formula is C114H122Cl4N10O15S2. The number of benzene rings is 5. The number of thioether (sulfide) groups is 2. The van der Waals surface area contributed by atoms with Crippen molar-refractivity contribution in [2.45, 2.75) is 255 Å². The molecule has 5 aliphatic heterocycles. The van der Waals surface area contributed by atoms with Crippen LogP contribution in [-0.4, -0.2) is 138 Å². The Bertz CT molecular complexity index is 6960. The van der Waals surface area contributed by atoms with Crippen molar-refractivity contribution in [3.05, 3.63) is 344 Å². The number of aliphatic hydroxyl groups is 2. The number of aromatic amines is 5. The molecule has 0 unspecified atom stereocenters. The number of rotatable bonds is 35. The van der Waals surface area contributed by atoms with Gasteiger partial charge in [-0.15, -0.1) is 23.5 Å². The number of amides is 5. The van der Waals surface area contributed by atoms with Crippen molar-refractivity contribution in [2.75, 3.05) is 33.0 Å². The summed E-state index contributed by atoms with van der Waals surface area (Å²) < 4.78 is 17.1. The van der Waals surface area contributed by atoms with Gasteiger partial charge in [-0.05, 0) is 297 Å². The standard InChI is InChI=1S/C24H27ClN2O4.C24H28N2O4.C24H26N2O2S.C22H23ClN2O3.C20H18Cl2N2O2S/c25-20-13-16(5-9-22(20)31-12-2-1-11-28)19(14-17-6-10-23(29)26-17)21-8-7-18(15-3-4-15)24(30)27-21;27-12-1-2-13-30-19-5-3-4-17(14-19)21(15-18-8-11-23(28)25-18)22-10-9-20(16-6-7-16)24(29)26-22;1-14-12-16(4-10-22(14)29-18-6-7-18)20(13-17-5-11-23(27)25-17)21-9-8-19(15-2-3-15)24(28)26-21;1-2-28-20-9-5-14(11-18(20)23)17(12-15-6-10-21(26)24-15)19-8-7-16(13-3-4-13)22(27)25-19;21-15-5-6-17(24-20(15)26)14(10-12-2-8-19(25)23-12)11-1-7-18(16(22)9-11)27-13-3-4-13/h5,7-9,13-15,17,28H,1-4,6,10-12H2,(H,26,29)(H,27,30);3-5,9-10,14-16,18,27H,1-2,6-8,11-13H2,(H,25,28)(H,26,29);4,8-10,12-13,15,17-18H,2-3,5-7,11H2,1H3,(H,25,27)(H,26,28);5,7-9,11-13,15H,2-4,6,10H2,1H3,(H,24,26)(H,25,27);1,5-7,9-10,12-13H,2-4,8H2,(H,23,25)(H,24,26)/b19-14+;21-15+;20-13+;17-12+;14-10+/t17-;18-;17-;15-;12-/m11111/s1. The van der Waals surface area contributed by atoms with Crippen molar-refractivity contribution in [3.8, 4) is 17.2 Å². The summed E-state index contributed by atoms with van der Waals surface area (Å²) in [6, 6.07) is 50.1. The molecule has 12 N–H and O–H groups in total. The van der Waals surface area contributed by atoms with Crippen molar-refractivity contribution in [1.82, 2.24) is 51.5 Å². The van der Waals surface area contributed by atoms with Crippen molar-refractivity contribution in [1.29, 1.82) is 0 Å². The molecule has 5 aromatic heterocycles. The Morgan fingerprint density at radius 3 is 0.952 bits per heavy atom. The molecule has 5 amide bonds. The van der Waals surface area contributed by atoms with Crippen LogP contribution in [0.25, 0.3) is 27.9 Å². The van der Waals surface area contributed by atoms with Crippen LogP contribution in [0.3, 0.4) is 0 Å². The van der Waals surface area contributed by atoms with Crippen LogP contribution in [0.2, 0.25) is 20.1 Å². The summed E-state index contributed by atoms with van der Waals surface area (Å²) in [6.45, 7) is 5.91. The number of carbonyl (C=O) groups is 5. The maximum absolute atomic E-state index is 12.6. The SMILES string of the molecule is CCOc1ccc(/C(=C\[C@H]2CCC(=O)N2)c2ccc(C3CC3)c(=O)[nH]2)cc1Cl.Cc1cc(/C(=C\[C@H]2CCC(=O)N2)c2ccc(C3CC3)c(=O)[nH]2)ccc1SC1CC1.O=C1CC[C@H](/C=C(\c2ccc(OCCCCO)c(Cl)c2)c2ccc(C3CC3)c(=O)[nH]2)N1.O=C1CC[C@H](/C=C(\c2ccc(SC3CC3)c(Cl)c2)c2ccc(Cl)c(=O)[nH]2)N1.O=C1CC[C@H](/C=C(\c2cccc(OCCCCO)c2)c2ccc(C3CC3)c(=O)[nH]2)N1. The molecule has 31 heteroatoms. The summed E-state index contributed by atoms with van der Waals surface area (Å²) in [5, 5.41) is 35.9. The van der Waals surface area contributed by atoms with Crippen LogP contribution in [-0.2, 0) is 24.0 Å². The minimum absolute atomic E-state index is 0.00457. The van der Waals surface area contributed by atoms with E-state index in [1.807, 2.05) is 170 Å². The van der Waals surface area contributed by atoms with Crippen LogP contribution in [0.4, 0.5) is 0 Å². The highest BCUT2D eigenvalue weighted by Crippen LogP contribution is 2.47. The summed E-state index contributed by atoms with van der Waals surface area (Å²) >= 11 is 29.0. The fraction of sp³-hybridized carbons (Fsp3) is 0.386. The van der Waals surface area contributed by atoms with E-state index in [0.29, 0.717) is 138 Å². The summed E-state index contributed by atoms with van der Waals surface area (Å²) in [4.78, 5) is 138. The van der Waals surface area contributed by atoms with E-state index >= 15 is 0 Å². The van der Waals surface area contributed by atoms with E-state index in [9.17, 15) is 47.9 Å². The first kappa shape index (κ1) is 104. The molecular weight excluding hydrogens is 1960 g/mol. The molecule has 6 aliphatic carbocycles. The zero-order valence-corrected chi connectivity index (χ0v) is 85.9. The van der Waals surface area contributed by atoms with Crippen LogP contribution in [0.5, 0.6) is 17.2 Å². The number of halogens is 4. The monoisotopic (exact) mass is 2070 g/mol. The summed E-state index contributed by atoms with van der Waals surface area (Å²) in [6.07, 6.45) is 33.1. The maximum Gasteiger partial charge on any atom is 0.267 e. The minimum atomic E-state index is -0.345. The van der Waals surface area contributed by atoms with Gasteiger partial charge in [-0.25, -0.2) is 0 Å². The average Bonchev–Trinajstić information content (AvgIpc) is 0.963. The smallest absolute Gasteiger partial charge is 0.267 e. The van der Waals surface area contributed by atoms with Gasteiger partial charge in [-0.2, -0.15) is 0 Å². The van der Waals surface area contributed by atoms with Gasteiger partial charge >= 0.3 is 0 Å². The first-order valence-electron chi connectivity index (χ1n) is 50.7. The topological polar surface area (TPSA) is 378 Å². The molecule has 21 rings (SSSR count). The fourth-order valence-corrected chi connectivity index (χ4v) is 21.4. The van der Waals surface area contributed by atoms with Crippen LogP contribution >= 0.6 is 69.9 Å². The minimum Gasteiger partial charge on any atom is -0.494 e. The molecule has 758 valence electrons. The number of nitrogens with one attached hydrogen (secondary N) is 10. The normalized spacial score (nSPS) is 19.9. The lowest BCUT2D eigenvalue weighted by Gasteiger charge is -2.15. The molecule has 11 aliphatic rings. The lowest BCUT2D eigenvalue weighted by atomic mass is 9.97. The molecule has 5 saturated heterocycles. The molecule has 0 bridgehead atoms. The molecule has 10 aromatic rings. The van der Waals surface area contributed by atoms with Crippen molar-refractivity contribution >= 4 is 127 Å². The third kappa shape index (κ3) is 29.1. The van der Waals surface area contributed by atoms with Crippen molar-refractivity contribution in [2.24, 2.45) is 0 Å². The number of unbranched alkanes of at least 4 members (excludes halogenated alkanes) is 2. The number of hydrogen-bond acceptors (Lipinski definition) is 17. The summed E-state index contributed by atoms with van der Waals surface area (Å²) in [5.74, 6) is 3.77. The second kappa shape index (κ2) is 49.1. The quantitative estimate of drug-likeness (QED) is 0.0164. The van der Waals surface area contributed by atoms with E-state index in [1.165, 1.54) is 36.1 Å². The van der Waals surface area contributed by atoms with Gasteiger partial charge in [0.1, 0.15) is 22.3 Å². The fourth-order valence-electron chi connectivity index (χ4n) is 18.3. The Morgan fingerprint density at radius 2 is 0.641 bits per heavy atom. The number of hydrogen-bond donors (Lipinski definition) is 12. The van der Waals surface area contributed by atoms with E-state index in [1.54, 1.807) is 23.9 Å². The number of aryl methyl sites for hydroxylation is 1. The Hall–Kier alpha value is -11.9. The molecule has 25 nitrogen and oxygen atoms in total. The number of aliphatic hydroxyl groups excluding tert-OH is 2. The van der Waals surface area contributed by atoms with Gasteiger partial charge in [0.25, 0.3) is 27.8 Å². The number of H-pyrrole nitrogens is 5. The molecule has 11 fully saturated rings. The number of carbonyl (C=O) groups excluding carboxylic acids is 5. The second-order valence-corrected chi connectivity index (χ2v) is 43.1. The highest BCUT2D eigenvalue weighted by Gasteiger charge is 2.34. The molecule has 6 saturated carbocycles. The number of ether oxygens (including phenoxy) is 3. The lowest BCUT2D eigenvalue weighted by molar-refractivity contribution is -0.120. The van der Waals surface area contributed by atoms with E-state index < -0.39 is 0 Å². The Kier molecular flexibility index (Phi) is 35.3. The third-order valence-electron chi connectivity index (χ3n) is 27.1. The van der Waals surface area contributed by atoms with Gasteiger partial charge in [0.2, 0.25) is 29.5 Å². The molecule has 5 aromatic carbocycles. The van der Waals surface area contributed by atoms with E-state index in [-0.39, 0.29) is 106 Å². The van der Waals surface area contributed by atoms with Gasteiger partial charge < -0.3 is 75.9 Å². The highest BCUT2D eigenvalue weighted by atomic mass is 35.5. The van der Waals surface area contributed by atoms with Gasteiger partial charge in [-0.3, -0.25) is 47.9 Å². The number of pyridine rings is 5. The first-order chi connectivity index (χ1) is 70.3. The number of aromatic nitrogens is 5. The Labute approximate surface area is 870 Å². The molecule has 0 radical (unpaired) electrons. The Morgan fingerprint density at radius 1 is 0.324 bits per heavy atom. The van der Waals surface area contributed by atoms with E-state index in [0.717, 1.165) is 201 Å². The highest BCUT2D eigenvalue weighted by molar-refractivity contribution is 8.00. The van der Waals surface area contributed by atoms with Gasteiger partial charge in [-0.1, -0.05) is 144 Å². The van der Waals surface area contributed by atoms with Gasteiger partial charge in [0, 0.05) is 174 Å². The molecule has 0 spiro atoms. The van der Waals surface area contributed by atoms with Crippen LogP contribution in [0, 0.1) is 6.92 Å². The second-order valence-electron chi connectivity index (χ2n) is 38.8. The summed E-state index contributed by atoms with van der Waals surface area (Å²) in [5.41, 5.74) is 16.8. The largest absolute Gasteiger partial charge is 0.494 e. The molecule has 5 atom stereocenters. The van der Waals surface area contributed by atoms with Gasteiger partial charge in [0.05, 0.1) is 34.9 Å². The zero-order valence-electron chi connectivity index (χ0n) is 81.2. The maximum atomic E-state index is 12.6. The van der Waals surface area contributed by atoms with E-state index in [4.69, 9.17) is 70.8 Å². The first-order valence-corrected chi connectivity index (χ1v) is 54.0. The lowest BCUT2D eigenvalue weighted by Crippen LogP contribution is -2.23. The van der Waals surface area contributed by atoms with Crippen LogP contribution in [0.1, 0.15) is 282 Å². The van der Waals surface area contributed by atoms with Gasteiger partial charge in [0.15, 0.2) is 0 Å². The predicted molar refractivity (Wildman–Crippen MR) is 574 cm³/mol. The van der Waals surface area contributed by atoms with Crippen LogP contribution in [0.15, 0.2) is 222 Å². The summed E-state index contributed by atoms with van der Waals surface area (Å²) in [7, 11) is 0. The van der Waals surface area contributed by atoms with E-state index in [2.05, 4.69) is 82.7 Å². The van der Waals surface area contributed by atoms with Crippen LogP contribution < -0.4 is 68.6 Å². The molecule has 10 heterocycles. The zero-order chi connectivity index (χ0) is 101.